The van der Waals surface area contributed by atoms with Crippen LogP contribution in [0.15, 0.2) is 72.8 Å². The Morgan fingerprint density at radius 2 is 1.67 bits per heavy atom. The number of anilines is 2. The monoisotopic (exact) mass is 646 g/mol. The Morgan fingerprint density at radius 3 is 2.38 bits per heavy atom. The van der Waals surface area contributed by atoms with Gasteiger partial charge in [0.2, 0.25) is 0 Å². The van der Waals surface area contributed by atoms with Gasteiger partial charge in [-0.25, -0.2) is 14.8 Å². The van der Waals surface area contributed by atoms with Crippen LogP contribution in [-0.2, 0) is 30.9 Å². The summed E-state index contributed by atoms with van der Waals surface area (Å²) >= 11 is 0. The fourth-order valence-corrected chi connectivity index (χ4v) is 6.33. The van der Waals surface area contributed by atoms with Gasteiger partial charge in [-0.15, -0.1) is 0 Å². The van der Waals surface area contributed by atoms with Crippen molar-refractivity contribution in [3.05, 3.63) is 95.3 Å². The van der Waals surface area contributed by atoms with Crippen molar-refractivity contribution >= 4 is 39.5 Å². The number of aryl methyl sites for hydroxylation is 1. The van der Waals surface area contributed by atoms with Crippen LogP contribution in [0.25, 0.3) is 21.9 Å². The third kappa shape index (κ3) is 8.53. The maximum absolute atomic E-state index is 13.1. The van der Waals surface area contributed by atoms with Crippen LogP contribution in [0, 0.1) is 5.92 Å². The minimum Gasteiger partial charge on any atom is -0.444 e. The molecule has 8 nitrogen and oxygen atoms in total. The first-order valence-corrected chi connectivity index (χ1v) is 17.6. The second kappa shape index (κ2) is 15.2. The van der Waals surface area contributed by atoms with Gasteiger partial charge in [0.15, 0.2) is 5.82 Å². The number of amides is 1. The highest BCUT2D eigenvalue weighted by Crippen LogP contribution is 2.32. The number of nitrogens with zero attached hydrogens (tertiary/aromatic N) is 3. The number of unbranched alkanes of at least 4 members (excludes halogenated alkanes) is 1. The predicted molar refractivity (Wildman–Crippen MR) is 196 cm³/mol. The van der Waals surface area contributed by atoms with Gasteiger partial charge < -0.3 is 19.9 Å². The molecule has 0 spiro atoms. The van der Waals surface area contributed by atoms with Crippen molar-refractivity contribution in [2.75, 3.05) is 17.2 Å². The first kappa shape index (κ1) is 33.5. The average Bonchev–Trinajstić information content (AvgIpc) is 3.41. The molecule has 6 rings (SSSR count). The third-order valence-electron chi connectivity index (χ3n) is 9.13. The molecule has 3 N–H and O–H groups in total. The lowest BCUT2D eigenvalue weighted by molar-refractivity contribution is 0.155. The van der Waals surface area contributed by atoms with Gasteiger partial charge in [0.25, 0.3) is 0 Å². The maximum Gasteiger partial charge on any atom is 0.413 e. The number of pyridine rings is 1. The topological polar surface area (TPSA) is 93.1 Å². The Kier molecular flexibility index (Phi) is 10.6. The number of aromatic nitrogens is 3. The summed E-state index contributed by atoms with van der Waals surface area (Å²) in [5.41, 5.74) is 6.87. The smallest absolute Gasteiger partial charge is 0.413 e. The maximum atomic E-state index is 13.1. The quantitative estimate of drug-likeness (QED) is 0.104. The molecule has 0 saturated heterocycles. The molecule has 1 aliphatic rings. The molecule has 1 fully saturated rings. The summed E-state index contributed by atoms with van der Waals surface area (Å²) in [6, 6.07) is 24.9. The summed E-state index contributed by atoms with van der Waals surface area (Å²) in [4.78, 5) is 23.1. The van der Waals surface area contributed by atoms with Crippen LogP contribution in [0.2, 0.25) is 0 Å². The highest BCUT2D eigenvalue weighted by molar-refractivity contribution is 6.09. The standard InChI is InChI=1S/C40H50N6O2/c1-5-6-14-35-43-36-37(46(35)26-30-17-15-29(16-18-30)25-41-24-23-28-10-9-11-28)33-12-7-8-13-34(33)42-38(36)44-39(47)48-27-31-19-21-32(22-20-31)45-40(2,3)4/h7-8,12-13,15-22,28,41,45H,5-6,9-11,14,23-27H2,1-4H3,(H,42,44,47). The summed E-state index contributed by atoms with van der Waals surface area (Å²) < 4.78 is 7.96. The van der Waals surface area contributed by atoms with Gasteiger partial charge in [-0.2, -0.15) is 0 Å². The number of nitrogens with one attached hydrogen (secondary N) is 3. The van der Waals surface area contributed by atoms with E-state index < -0.39 is 6.09 Å². The molecule has 2 aromatic heterocycles. The number of para-hydroxylation sites is 1. The number of ether oxygens (including phenoxy) is 1. The van der Waals surface area contributed by atoms with E-state index in [2.05, 4.69) is 78.5 Å². The number of fused-ring (bicyclic) bond motifs is 3. The normalized spacial score (nSPS) is 13.5. The van der Waals surface area contributed by atoms with Crippen LogP contribution in [0.4, 0.5) is 16.3 Å². The molecular formula is C40H50N6O2. The summed E-state index contributed by atoms with van der Waals surface area (Å²) in [5.74, 6) is 2.34. The fourth-order valence-electron chi connectivity index (χ4n) is 6.33. The number of hydrogen-bond donors (Lipinski definition) is 3. The van der Waals surface area contributed by atoms with E-state index in [0.29, 0.717) is 17.9 Å². The number of carbonyl (C=O) groups excluding carboxylic acids is 1. The van der Waals surface area contributed by atoms with Crippen molar-refractivity contribution in [3.8, 4) is 0 Å². The van der Waals surface area contributed by atoms with E-state index in [-0.39, 0.29) is 12.1 Å². The Labute approximate surface area is 284 Å². The molecule has 48 heavy (non-hydrogen) atoms. The highest BCUT2D eigenvalue weighted by atomic mass is 16.5. The molecule has 0 bridgehead atoms. The SMILES string of the molecule is CCCCc1nc2c(NC(=O)OCc3ccc(NC(C)(C)C)cc3)nc3ccccc3c2n1Cc1ccc(CNCCC2CCC2)cc1. The first-order valence-electron chi connectivity index (χ1n) is 17.6. The molecule has 5 aromatic rings. The van der Waals surface area contributed by atoms with Crippen LogP contribution in [0.3, 0.4) is 0 Å². The van der Waals surface area contributed by atoms with E-state index in [9.17, 15) is 4.79 Å². The van der Waals surface area contributed by atoms with Crippen LogP contribution in [-0.4, -0.2) is 32.7 Å². The Hall–Kier alpha value is -4.43. The highest BCUT2D eigenvalue weighted by Gasteiger charge is 2.21. The molecule has 0 aliphatic heterocycles. The molecule has 1 saturated carbocycles. The lowest BCUT2D eigenvalue weighted by Gasteiger charge is -2.25. The summed E-state index contributed by atoms with van der Waals surface area (Å²) in [6.45, 7) is 11.4. The van der Waals surface area contributed by atoms with Crippen molar-refractivity contribution in [1.82, 2.24) is 19.9 Å². The van der Waals surface area contributed by atoms with Crippen LogP contribution in [0.5, 0.6) is 0 Å². The van der Waals surface area contributed by atoms with Gasteiger partial charge in [-0.1, -0.05) is 87.2 Å². The van der Waals surface area contributed by atoms with Gasteiger partial charge in [0.1, 0.15) is 17.9 Å². The minimum absolute atomic E-state index is 0.0320. The summed E-state index contributed by atoms with van der Waals surface area (Å²) in [6.07, 6.45) is 7.86. The van der Waals surface area contributed by atoms with E-state index in [1.54, 1.807) is 0 Å². The van der Waals surface area contributed by atoms with E-state index in [4.69, 9.17) is 14.7 Å². The first-order chi connectivity index (χ1) is 23.3. The van der Waals surface area contributed by atoms with Crippen molar-refractivity contribution < 1.29 is 9.53 Å². The molecule has 0 radical (unpaired) electrons. The van der Waals surface area contributed by atoms with Gasteiger partial charge in [-0.3, -0.25) is 5.32 Å². The molecular weight excluding hydrogens is 596 g/mol. The molecule has 1 aliphatic carbocycles. The number of benzene rings is 3. The van der Waals surface area contributed by atoms with E-state index in [0.717, 1.165) is 71.8 Å². The van der Waals surface area contributed by atoms with Crippen molar-refractivity contribution in [3.63, 3.8) is 0 Å². The number of carbonyl (C=O) groups is 1. The van der Waals surface area contributed by atoms with Gasteiger partial charge in [0.05, 0.1) is 11.0 Å². The zero-order valence-corrected chi connectivity index (χ0v) is 28.9. The minimum atomic E-state index is -0.558. The van der Waals surface area contributed by atoms with E-state index in [1.165, 1.54) is 36.8 Å². The second-order valence-corrected chi connectivity index (χ2v) is 14.2. The van der Waals surface area contributed by atoms with Crippen LogP contribution in [0.1, 0.15) is 88.7 Å². The zero-order chi connectivity index (χ0) is 33.5. The Balaban J connectivity index is 1.21. The predicted octanol–water partition coefficient (Wildman–Crippen LogP) is 9.21. The molecule has 0 atom stereocenters. The molecule has 2 heterocycles. The van der Waals surface area contributed by atoms with Crippen LogP contribution < -0.4 is 16.0 Å². The fraction of sp³-hybridized carbons (Fsp3) is 0.425. The number of hydrogen-bond acceptors (Lipinski definition) is 6. The Morgan fingerprint density at radius 1 is 0.938 bits per heavy atom. The second-order valence-electron chi connectivity index (χ2n) is 14.2. The average molecular weight is 647 g/mol. The van der Waals surface area contributed by atoms with Crippen LogP contribution >= 0.6 is 0 Å². The van der Waals surface area contributed by atoms with Crippen molar-refractivity contribution in [1.29, 1.82) is 0 Å². The number of imidazole rings is 1. The van der Waals surface area contributed by atoms with Gasteiger partial charge >= 0.3 is 6.09 Å². The molecule has 1 amide bonds. The van der Waals surface area contributed by atoms with Gasteiger partial charge in [-0.05, 0) is 81.0 Å². The van der Waals surface area contributed by atoms with Crippen molar-refractivity contribution in [2.24, 2.45) is 5.92 Å². The third-order valence-corrected chi connectivity index (χ3v) is 9.13. The van der Waals surface area contributed by atoms with Crippen molar-refractivity contribution in [2.45, 2.75) is 97.9 Å². The lowest BCUT2D eigenvalue weighted by Crippen LogP contribution is -2.25. The Bertz CT molecular complexity index is 1820. The molecule has 8 heteroatoms. The largest absolute Gasteiger partial charge is 0.444 e. The lowest BCUT2D eigenvalue weighted by atomic mass is 9.83. The molecule has 3 aromatic carbocycles. The molecule has 252 valence electrons. The number of rotatable bonds is 14. The summed E-state index contributed by atoms with van der Waals surface area (Å²) in [7, 11) is 0. The zero-order valence-electron chi connectivity index (χ0n) is 28.9. The van der Waals surface area contributed by atoms with E-state index >= 15 is 0 Å². The van der Waals surface area contributed by atoms with E-state index in [1.807, 2.05) is 42.5 Å². The summed E-state index contributed by atoms with van der Waals surface area (Å²) in [5, 5.41) is 11.0. The molecule has 0 unspecified atom stereocenters. The van der Waals surface area contributed by atoms with Gasteiger partial charge in [0, 0.05) is 36.1 Å².